The van der Waals surface area contributed by atoms with E-state index in [0.717, 1.165) is 0 Å². The molecule has 1 aromatic carbocycles. The first-order valence-corrected chi connectivity index (χ1v) is 5.35. The Bertz CT molecular complexity index is 574. The lowest BCUT2D eigenvalue weighted by molar-refractivity contribution is 0.100. The summed E-state index contributed by atoms with van der Waals surface area (Å²) in [6.07, 6.45) is 1.53. The Kier molecular flexibility index (Phi) is 2.95. The first-order chi connectivity index (χ1) is 7.99. The van der Waals surface area contributed by atoms with Crippen molar-refractivity contribution >= 4 is 34.9 Å². The van der Waals surface area contributed by atoms with Gasteiger partial charge in [0.15, 0.2) is 5.82 Å². The van der Waals surface area contributed by atoms with Gasteiger partial charge in [0, 0.05) is 5.56 Å². The molecular weight excluding hydrogens is 263 g/mol. The van der Waals surface area contributed by atoms with E-state index in [0.29, 0.717) is 21.3 Å². The minimum absolute atomic E-state index is 0.210. The molecule has 0 aliphatic carbocycles. The van der Waals surface area contributed by atoms with E-state index in [4.69, 9.17) is 34.7 Å². The average molecular weight is 271 g/mol. The smallest absolute Gasteiger partial charge is 0.248 e. The first kappa shape index (κ1) is 11.8. The molecule has 0 saturated carbocycles. The van der Waals surface area contributed by atoms with Crippen molar-refractivity contribution in [3.05, 3.63) is 40.0 Å². The number of rotatable bonds is 2. The molecule has 17 heavy (non-hydrogen) atoms. The monoisotopic (exact) mass is 270 g/mol. The number of carbonyl (C=O) groups is 1. The van der Waals surface area contributed by atoms with Gasteiger partial charge in [0.2, 0.25) is 5.91 Å². The average Bonchev–Trinajstić information content (AvgIpc) is 2.58. The summed E-state index contributed by atoms with van der Waals surface area (Å²) in [7, 11) is 0. The second-order valence-corrected chi connectivity index (χ2v) is 4.15. The number of anilines is 1. The van der Waals surface area contributed by atoms with E-state index >= 15 is 0 Å². The highest BCUT2D eigenvalue weighted by atomic mass is 35.5. The Labute approximate surface area is 107 Å². The molecule has 2 aromatic rings. The Morgan fingerprint density at radius 1 is 1.29 bits per heavy atom. The second-order valence-electron chi connectivity index (χ2n) is 3.34. The van der Waals surface area contributed by atoms with Gasteiger partial charge in [0.1, 0.15) is 5.02 Å². The molecule has 88 valence electrons. The fourth-order valence-corrected chi connectivity index (χ4v) is 1.73. The van der Waals surface area contributed by atoms with Gasteiger partial charge >= 0.3 is 0 Å². The lowest BCUT2D eigenvalue weighted by Gasteiger charge is -2.05. The lowest BCUT2D eigenvalue weighted by Crippen LogP contribution is -2.11. The van der Waals surface area contributed by atoms with E-state index in [1.54, 1.807) is 12.1 Å². The Morgan fingerprint density at radius 2 is 2.00 bits per heavy atom. The predicted molar refractivity (Wildman–Crippen MR) is 66.5 cm³/mol. The summed E-state index contributed by atoms with van der Waals surface area (Å²) in [6.45, 7) is 0. The van der Waals surface area contributed by atoms with E-state index in [-0.39, 0.29) is 5.82 Å². The number of benzene rings is 1. The molecule has 4 N–H and O–H groups in total. The van der Waals surface area contributed by atoms with Crippen LogP contribution in [0.5, 0.6) is 0 Å². The number of amides is 1. The number of hydrogen-bond donors (Lipinski definition) is 2. The maximum atomic E-state index is 11.0. The fraction of sp³-hybridized carbons (Fsp3) is 0. The van der Waals surface area contributed by atoms with Crippen LogP contribution in [-0.2, 0) is 0 Å². The molecule has 7 heteroatoms. The number of halogens is 2. The maximum absolute atomic E-state index is 11.0. The van der Waals surface area contributed by atoms with Gasteiger partial charge in [-0.15, -0.1) is 5.10 Å². The van der Waals surface area contributed by atoms with Crippen molar-refractivity contribution in [3.8, 4) is 5.69 Å². The van der Waals surface area contributed by atoms with Crippen LogP contribution in [0.1, 0.15) is 10.4 Å². The zero-order valence-corrected chi connectivity index (χ0v) is 10.0. The van der Waals surface area contributed by atoms with Crippen LogP contribution in [0.3, 0.4) is 0 Å². The largest absolute Gasteiger partial charge is 0.381 e. The maximum Gasteiger partial charge on any atom is 0.248 e. The van der Waals surface area contributed by atoms with Crippen molar-refractivity contribution in [1.29, 1.82) is 0 Å². The van der Waals surface area contributed by atoms with E-state index < -0.39 is 5.91 Å². The highest BCUT2D eigenvalue weighted by molar-refractivity contribution is 6.33. The Hall–Kier alpha value is -1.72. The Balaban J connectivity index is 2.50. The molecule has 0 fully saturated rings. The molecule has 1 amide bonds. The first-order valence-electron chi connectivity index (χ1n) is 4.59. The molecule has 1 aromatic heterocycles. The number of nitrogens with zero attached hydrogens (tertiary/aromatic N) is 2. The van der Waals surface area contributed by atoms with Gasteiger partial charge in [-0.25, -0.2) is 4.68 Å². The summed E-state index contributed by atoms with van der Waals surface area (Å²) >= 11 is 11.8. The number of carbonyl (C=O) groups excluding carboxylic acids is 1. The molecular formula is C10H8Cl2N4O. The highest BCUT2D eigenvalue weighted by Gasteiger charge is 2.10. The van der Waals surface area contributed by atoms with Gasteiger partial charge in [0.25, 0.3) is 0 Å². The molecule has 0 aliphatic heterocycles. The zero-order chi connectivity index (χ0) is 12.6. The summed E-state index contributed by atoms with van der Waals surface area (Å²) in [4.78, 5) is 11.0. The second kappa shape index (κ2) is 4.27. The van der Waals surface area contributed by atoms with Gasteiger partial charge in [0.05, 0.1) is 16.9 Å². The van der Waals surface area contributed by atoms with Gasteiger partial charge < -0.3 is 11.5 Å². The van der Waals surface area contributed by atoms with Crippen LogP contribution < -0.4 is 11.5 Å². The van der Waals surface area contributed by atoms with Crippen molar-refractivity contribution in [2.75, 3.05) is 5.73 Å². The molecule has 5 nitrogen and oxygen atoms in total. The summed E-state index contributed by atoms with van der Waals surface area (Å²) < 4.78 is 1.44. The number of nitrogen functional groups attached to an aromatic ring is 1. The standard InChI is InChI=1S/C10H8Cl2N4O/c11-6-3-5(10(14)17)1-2-8(6)16-4-7(12)9(13)15-16/h1-4H,(H2,13,15)(H2,14,17). The van der Waals surface area contributed by atoms with Crippen molar-refractivity contribution in [2.24, 2.45) is 5.73 Å². The van der Waals surface area contributed by atoms with E-state index in [9.17, 15) is 4.79 Å². The summed E-state index contributed by atoms with van der Waals surface area (Å²) in [5.74, 6) is -0.335. The van der Waals surface area contributed by atoms with Gasteiger partial charge in [-0.2, -0.15) is 0 Å². The summed E-state index contributed by atoms with van der Waals surface area (Å²) in [6, 6.07) is 4.63. The normalized spacial score (nSPS) is 10.5. The van der Waals surface area contributed by atoms with Crippen LogP contribution in [0.4, 0.5) is 5.82 Å². The highest BCUT2D eigenvalue weighted by Crippen LogP contribution is 2.24. The van der Waals surface area contributed by atoms with Crippen molar-refractivity contribution in [3.63, 3.8) is 0 Å². The third-order valence-corrected chi connectivity index (χ3v) is 2.77. The van der Waals surface area contributed by atoms with Crippen LogP contribution in [0, 0.1) is 0 Å². The Morgan fingerprint density at radius 3 is 2.47 bits per heavy atom. The molecule has 0 unspecified atom stereocenters. The summed E-state index contributed by atoms with van der Waals surface area (Å²) in [5.41, 5.74) is 11.6. The molecule has 2 rings (SSSR count). The summed E-state index contributed by atoms with van der Waals surface area (Å²) in [5, 5.41) is 4.64. The van der Waals surface area contributed by atoms with Crippen LogP contribution in [0.25, 0.3) is 5.69 Å². The van der Waals surface area contributed by atoms with Crippen molar-refractivity contribution < 1.29 is 4.79 Å². The number of primary amides is 1. The van der Waals surface area contributed by atoms with E-state index in [1.807, 2.05) is 0 Å². The van der Waals surface area contributed by atoms with Gasteiger partial charge in [-0.05, 0) is 18.2 Å². The minimum Gasteiger partial charge on any atom is -0.381 e. The quantitative estimate of drug-likeness (QED) is 0.873. The third-order valence-electron chi connectivity index (χ3n) is 2.17. The van der Waals surface area contributed by atoms with Gasteiger partial charge in [-0.1, -0.05) is 23.2 Å². The minimum atomic E-state index is -0.545. The molecule has 0 atom stereocenters. The van der Waals surface area contributed by atoms with Gasteiger partial charge in [-0.3, -0.25) is 4.79 Å². The molecule has 0 radical (unpaired) electrons. The zero-order valence-electron chi connectivity index (χ0n) is 8.52. The van der Waals surface area contributed by atoms with Crippen molar-refractivity contribution in [2.45, 2.75) is 0 Å². The molecule has 1 heterocycles. The number of nitrogens with two attached hydrogens (primary N) is 2. The molecule has 0 spiro atoms. The van der Waals surface area contributed by atoms with E-state index in [2.05, 4.69) is 5.10 Å². The molecule has 0 saturated heterocycles. The van der Waals surface area contributed by atoms with Crippen molar-refractivity contribution in [1.82, 2.24) is 9.78 Å². The number of aromatic nitrogens is 2. The molecule has 0 bridgehead atoms. The van der Waals surface area contributed by atoms with Crippen LogP contribution in [0.2, 0.25) is 10.0 Å². The van der Waals surface area contributed by atoms with E-state index in [1.165, 1.54) is 16.9 Å². The third kappa shape index (κ3) is 2.20. The number of hydrogen-bond acceptors (Lipinski definition) is 3. The predicted octanol–water partition coefficient (Wildman–Crippen LogP) is 1.86. The lowest BCUT2D eigenvalue weighted by atomic mass is 10.2. The SMILES string of the molecule is NC(=O)c1ccc(-n2cc(Cl)c(N)n2)c(Cl)c1. The van der Waals surface area contributed by atoms with Crippen LogP contribution in [0.15, 0.2) is 24.4 Å². The topological polar surface area (TPSA) is 86.9 Å². The van der Waals surface area contributed by atoms with Crippen LogP contribution >= 0.6 is 23.2 Å². The fourth-order valence-electron chi connectivity index (χ4n) is 1.34. The molecule has 0 aliphatic rings. The van der Waals surface area contributed by atoms with Crippen LogP contribution in [-0.4, -0.2) is 15.7 Å².